The van der Waals surface area contributed by atoms with Crippen molar-refractivity contribution in [2.45, 2.75) is 19.4 Å². The molecule has 3 heterocycles. The van der Waals surface area contributed by atoms with Crippen molar-refractivity contribution in [3.8, 4) is 5.75 Å². The first kappa shape index (κ1) is 20.5. The Morgan fingerprint density at radius 1 is 1.09 bits per heavy atom. The summed E-state index contributed by atoms with van der Waals surface area (Å²) >= 11 is 6.07. The van der Waals surface area contributed by atoms with Gasteiger partial charge in [-0.25, -0.2) is 4.79 Å². The molecule has 1 saturated heterocycles. The van der Waals surface area contributed by atoms with Crippen LogP contribution in [-0.2, 0) is 6.54 Å². The van der Waals surface area contributed by atoms with Crippen LogP contribution in [0.5, 0.6) is 5.75 Å². The van der Waals surface area contributed by atoms with Crippen molar-refractivity contribution < 1.29 is 4.74 Å². The van der Waals surface area contributed by atoms with E-state index in [4.69, 9.17) is 16.3 Å². The van der Waals surface area contributed by atoms with Crippen molar-refractivity contribution in [3.63, 3.8) is 0 Å². The van der Waals surface area contributed by atoms with Crippen LogP contribution in [0.4, 0.5) is 0 Å². The zero-order chi connectivity index (χ0) is 22.2. The summed E-state index contributed by atoms with van der Waals surface area (Å²) in [6.07, 6.45) is 3.92. The van der Waals surface area contributed by atoms with Gasteiger partial charge in [-0.1, -0.05) is 11.6 Å². The number of benzene rings is 2. The highest BCUT2D eigenvalue weighted by Gasteiger charge is 2.15. The lowest BCUT2D eigenvalue weighted by atomic mass is 10.1. The van der Waals surface area contributed by atoms with Crippen LogP contribution in [-0.4, -0.2) is 46.0 Å². The lowest BCUT2D eigenvalue weighted by Gasteiger charge is -2.17. The van der Waals surface area contributed by atoms with Crippen molar-refractivity contribution in [3.05, 3.63) is 73.4 Å². The van der Waals surface area contributed by atoms with Gasteiger partial charge >= 0.3 is 11.2 Å². The Labute approximate surface area is 188 Å². The molecule has 0 radical (unpaired) electrons. The molecular weight excluding hydrogens is 430 g/mol. The van der Waals surface area contributed by atoms with Gasteiger partial charge in [-0.3, -0.25) is 9.69 Å². The molecule has 8 nitrogen and oxygen atoms in total. The second-order valence-corrected chi connectivity index (χ2v) is 8.35. The highest BCUT2D eigenvalue weighted by atomic mass is 35.5. The number of aromatic amines is 2. The third kappa shape index (κ3) is 3.72. The van der Waals surface area contributed by atoms with Crippen molar-refractivity contribution in [1.82, 2.24) is 19.5 Å². The van der Waals surface area contributed by atoms with Gasteiger partial charge in [-0.15, -0.1) is 4.68 Å². The molecule has 5 rings (SSSR count). The summed E-state index contributed by atoms with van der Waals surface area (Å²) in [5.74, 6) is 0.808. The van der Waals surface area contributed by atoms with E-state index >= 15 is 0 Å². The van der Waals surface area contributed by atoms with Crippen LogP contribution in [0.15, 0.2) is 51.1 Å². The fraction of sp³-hybridized carbons (Fsp3) is 0.261. The van der Waals surface area contributed by atoms with Gasteiger partial charge in [0.15, 0.2) is 0 Å². The number of halogens is 1. The van der Waals surface area contributed by atoms with Gasteiger partial charge in [0, 0.05) is 28.0 Å². The predicted octanol–water partition coefficient (Wildman–Crippen LogP) is 3.31. The number of H-pyrrole nitrogens is 2. The Morgan fingerprint density at radius 2 is 1.91 bits per heavy atom. The maximum absolute atomic E-state index is 13.0. The van der Waals surface area contributed by atoms with Crippen LogP contribution in [0.2, 0.25) is 5.02 Å². The summed E-state index contributed by atoms with van der Waals surface area (Å²) in [4.78, 5) is 33.7. The first-order chi connectivity index (χ1) is 15.5. The van der Waals surface area contributed by atoms with Crippen molar-refractivity contribution in [2.24, 2.45) is 5.10 Å². The quantitative estimate of drug-likeness (QED) is 0.455. The van der Waals surface area contributed by atoms with E-state index in [9.17, 15) is 9.59 Å². The summed E-state index contributed by atoms with van der Waals surface area (Å²) < 4.78 is 6.33. The number of aromatic nitrogens is 3. The van der Waals surface area contributed by atoms with E-state index in [1.54, 1.807) is 25.3 Å². The second-order valence-electron chi connectivity index (χ2n) is 7.91. The lowest BCUT2D eigenvalue weighted by molar-refractivity contribution is 0.321. The molecule has 9 heteroatoms. The summed E-state index contributed by atoms with van der Waals surface area (Å²) in [6.45, 7) is 2.93. The third-order valence-electron chi connectivity index (χ3n) is 5.81. The van der Waals surface area contributed by atoms with Crippen LogP contribution >= 0.6 is 11.6 Å². The number of ether oxygens (including phenoxy) is 1. The number of nitrogens with zero attached hydrogens (tertiary/aromatic N) is 3. The fourth-order valence-electron chi connectivity index (χ4n) is 4.23. The summed E-state index contributed by atoms with van der Waals surface area (Å²) in [7, 11) is 1.65. The minimum atomic E-state index is -0.620. The average Bonchev–Trinajstić information content (AvgIpc) is 3.42. The maximum atomic E-state index is 13.0. The lowest BCUT2D eigenvalue weighted by Crippen LogP contribution is -2.32. The van der Waals surface area contributed by atoms with Crippen LogP contribution in [0, 0.1) is 0 Å². The van der Waals surface area contributed by atoms with Gasteiger partial charge in [0.05, 0.1) is 18.8 Å². The highest BCUT2D eigenvalue weighted by Crippen LogP contribution is 2.25. The van der Waals surface area contributed by atoms with Gasteiger partial charge in [0.25, 0.3) is 0 Å². The summed E-state index contributed by atoms with van der Waals surface area (Å²) in [5.41, 5.74) is 2.06. The minimum Gasteiger partial charge on any atom is -0.496 e. The van der Waals surface area contributed by atoms with E-state index in [0.717, 1.165) is 41.2 Å². The average molecular weight is 452 g/mol. The Morgan fingerprint density at radius 3 is 2.69 bits per heavy atom. The SMILES string of the molecule is COc1ccc(C=Nn2c(=O)[nH]c3c([nH]c4ccc(Cl)cc43)c2=O)cc1CN1CCCC1. The summed E-state index contributed by atoms with van der Waals surface area (Å²) in [5, 5.41) is 5.38. The molecule has 164 valence electrons. The van der Waals surface area contributed by atoms with E-state index in [2.05, 4.69) is 20.0 Å². The molecule has 0 atom stereocenters. The first-order valence-electron chi connectivity index (χ1n) is 10.4. The number of likely N-dealkylation sites (tertiary alicyclic amines) is 1. The van der Waals surface area contributed by atoms with Crippen molar-refractivity contribution in [2.75, 3.05) is 20.2 Å². The fourth-order valence-corrected chi connectivity index (χ4v) is 4.40. The Hall–Kier alpha value is -3.36. The molecule has 32 heavy (non-hydrogen) atoms. The van der Waals surface area contributed by atoms with E-state index < -0.39 is 11.2 Å². The predicted molar refractivity (Wildman–Crippen MR) is 126 cm³/mol. The van der Waals surface area contributed by atoms with E-state index in [-0.39, 0.29) is 5.52 Å². The molecule has 0 unspecified atom stereocenters. The summed E-state index contributed by atoms with van der Waals surface area (Å²) in [6, 6.07) is 10.9. The second kappa shape index (κ2) is 8.29. The van der Waals surface area contributed by atoms with E-state index in [1.165, 1.54) is 19.1 Å². The molecule has 0 amide bonds. The zero-order valence-electron chi connectivity index (χ0n) is 17.5. The van der Waals surface area contributed by atoms with Crippen LogP contribution in [0.1, 0.15) is 24.0 Å². The molecule has 0 spiro atoms. The first-order valence-corrected chi connectivity index (χ1v) is 10.8. The topological polar surface area (TPSA) is 95.5 Å². The Kier molecular flexibility index (Phi) is 5.32. The monoisotopic (exact) mass is 451 g/mol. The Balaban J connectivity index is 1.52. The molecule has 1 aliphatic rings. The minimum absolute atomic E-state index is 0.267. The number of nitrogens with one attached hydrogen (secondary N) is 2. The van der Waals surface area contributed by atoms with Crippen molar-refractivity contribution >= 4 is 39.8 Å². The molecule has 0 bridgehead atoms. The number of rotatable bonds is 5. The van der Waals surface area contributed by atoms with Gasteiger partial charge in [-0.05, 0) is 67.9 Å². The van der Waals surface area contributed by atoms with Crippen LogP contribution in [0.3, 0.4) is 0 Å². The number of hydrogen-bond acceptors (Lipinski definition) is 5. The third-order valence-corrected chi connectivity index (χ3v) is 6.05. The molecule has 4 aromatic rings. The van der Waals surface area contributed by atoms with Gasteiger partial charge in [0.2, 0.25) is 0 Å². The zero-order valence-corrected chi connectivity index (χ0v) is 18.3. The molecule has 0 saturated carbocycles. The molecule has 1 aliphatic heterocycles. The van der Waals surface area contributed by atoms with E-state index in [0.29, 0.717) is 21.4 Å². The number of methoxy groups -OCH3 is 1. The molecular formula is C23H22ClN5O3. The van der Waals surface area contributed by atoms with Crippen LogP contribution in [0.25, 0.3) is 21.9 Å². The number of hydrogen-bond donors (Lipinski definition) is 2. The highest BCUT2D eigenvalue weighted by molar-refractivity contribution is 6.31. The Bertz CT molecular complexity index is 1460. The maximum Gasteiger partial charge on any atom is 0.350 e. The standard InChI is InChI=1S/C23H22ClN5O3/c1-32-19-7-4-14(10-15(19)13-28-8-2-3-9-28)12-25-29-22(30)21-20(27-23(29)31)17-11-16(24)5-6-18(17)26-21/h4-7,10-12,26H,2-3,8-9,13H2,1H3,(H,27,31). The normalized spacial score (nSPS) is 14.8. The van der Waals surface area contributed by atoms with Gasteiger partial charge in [-0.2, -0.15) is 5.10 Å². The van der Waals surface area contributed by atoms with Crippen LogP contribution < -0.4 is 16.0 Å². The van der Waals surface area contributed by atoms with Gasteiger partial charge in [0.1, 0.15) is 11.3 Å². The molecule has 2 aromatic heterocycles. The van der Waals surface area contributed by atoms with E-state index in [1.807, 2.05) is 18.2 Å². The van der Waals surface area contributed by atoms with Gasteiger partial charge < -0.3 is 14.7 Å². The molecule has 1 fully saturated rings. The largest absolute Gasteiger partial charge is 0.496 e. The smallest absolute Gasteiger partial charge is 0.350 e. The number of fused-ring (bicyclic) bond motifs is 3. The molecule has 0 aliphatic carbocycles. The molecule has 2 N–H and O–H groups in total. The van der Waals surface area contributed by atoms with Crippen molar-refractivity contribution in [1.29, 1.82) is 0 Å². The molecule has 2 aromatic carbocycles.